The van der Waals surface area contributed by atoms with Crippen LogP contribution in [0.25, 0.3) is 11.1 Å². The zero-order valence-corrected chi connectivity index (χ0v) is 20.8. The molecule has 0 amide bonds. The molecule has 3 heterocycles. The van der Waals surface area contributed by atoms with Gasteiger partial charge in [-0.3, -0.25) is 9.97 Å². The van der Waals surface area contributed by atoms with Gasteiger partial charge in [-0.25, -0.2) is 0 Å². The highest BCUT2D eigenvalue weighted by molar-refractivity contribution is 5.83. The molecular formula is C29H37N3O. The van der Waals surface area contributed by atoms with E-state index in [0.29, 0.717) is 12.0 Å². The molecular weight excluding hydrogens is 406 g/mol. The molecule has 0 radical (unpaired) electrons. The van der Waals surface area contributed by atoms with Crippen molar-refractivity contribution in [3.8, 4) is 16.9 Å². The van der Waals surface area contributed by atoms with Gasteiger partial charge >= 0.3 is 0 Å². The second kappa shape index (κ2) is 9.94. The average molecular weight is 444 g/mol. The van der Waals surface area contributed by atoms with Crippen LogP contribution in [0, 0.1) is 19.3 Å². The molecule has 1 aliphatic heterocycles. The average Bonchev–Trinajstić information content (AvgIpc) is 2.80. The maximum absolute atomic E-state index is 6.02. The maximum atomic E-state index is 6.02. The van der Waals surface area contributed by atoms with Crippen LogP contribution in [0.15, 0.2) is 48.8 Å². The fourth-order valence-electron chi connectivity index (χ4n) is 4.88. The molecule has 3 aromatic rings. The number of hydrogen-bond donors (Lipinski definition) is 0. The second-order valence-corrected chi connectivity index (χ2v) is 9.97. The Bertz CT molecular complexity index is 1060. The van der Waals surface area contributed by atoms with Crippen molar-refractivity contribution in [1.82, 2.24) is 9.97 Å². The van der Waals surface area contributed by atoms with Crippen molar-refractivity contribution in [1.29, 1.82) is 0 Å². The number of pyridine rings is 2. The molecule has 0 atom stereocenters. The van der Waals surface area contributed by atoms with Gasteiger partial charge in [0, 0.05) is 48.9 Å². The molecule has 4 heteroatoms. The molecule has 0 N–H and O–H groups in total. The predicted molar refractivity (Wildman–Crippen MR) is 137 cm³/mol. The van der Waals surface area contributed by atoms with E-state index >= 15 is 0 Å². The van der Waals surface area contributed by atoms with E-state index < -0.39 is 0 Å². The van der Waals surface area contributed by atoms with Crippen LogP contribution in [0.3, 0.4) is 0 Å². The van der Waals surface area contributed by atoms with Gasteiger partial charge in [0.1, 0.15) is 5.75 Å². The van der Waals surface area contributed by atoms with Gasteiger partial charge in [0.25, 0.3) is 0 Å². The molecule has 33 heavy (non-hydrogen) atoms. The van der Waals surface area contributed by atoms with Crippen molar-refractivity contribution in [2.45, 2.75) is 60.3 Å². The molecule has 0 spiro atoms. The molecule has 2 aromatic heterocycles. The standard InChI is InChI=1S/C29H37N3O/c1-6-26-21(2)31-22(3)27(28(26)32-18-14-29(4,5)15-19-32)24-7-9-25(10-8-24)33-20-13-23-11-16-30-17-12-23/h7-12,16-17H,6,13-15,18-20H2,1-5H3. The Morgan fingerprint density at radius 2 is 1.61 bits per heavy atom. The first kappa shape index (κ1) is 23.3. The number of aryl methyl sites for hydroxylation is 2. The summed E-state index contributed by atoms with van der Waals surface area (Å²) < 4.78 is 6.02. The molecule has 4 rings (SSSR count). The van der Waals surface area contributed by atoms with Crippen LogP contribution in [0.2, 0.25) is 0 Å². The quantitative estimate of drug-likeness (QED) is 0.414. The summed E-state index contributed by atoms with van der Waals surface area (Å²) in [5, 5.41) is 0. The van der Waals surface area contributed by atoms with Gasteiger partial charge in [0.15, 0.2) is 0 Å². The molecule has 0 saturated carbocycles. The highest BCUT2D eigenvalue weighted by Crippen LogP contribution is 2.41. The van der Waals surface area contributed by atoms with E-state index in [1.54, 1.807) is 0 Å². The van der Waals surface area contributed by atoms with E-state index in [0.717, 1.165) is 43.1 Å². The van der Waals surface area contributed by atoms with E-state index in [4.69, 9.17) is 9.72 Å². The van der Waals surface area contributed by atoms with Crippen LogP contribution >= 0.6 is 0 Å². The van der Waals surface area contributed by atoms with E-state index in [-0.39, 0.29) is 0 Å². The van der Waals surface area contributed by atoms with Crippen LogP contribution in [-0.4, -0.2) is 29.7 Å². The van der Waals surface area contributed by atoms with Crippen LogP contribution in [0.4, 0.5) is 5.69 Å². The Labute approximate surface area is 199 Å². The first-order valence-corrected chi connectivity index (χ1v) is 12.2. The SMILES string of the molecule is CCc1c(C)nc(C)c(-c2ccc(OCCc3ccncc3)cc2)c1N1CCC(C)(C)CC1. The summed E-state index contributed by atoms with van der Waals surface area (Å²) in [5.41, 5.74) is 9.21. The number of piperidine rings is 1. The van der Waals surface area contributed by atoms with Crippen LogP contribution < -0.4 is 9.64 Å². The number of ether oxygens (including phenoxy) is 1. The summed E-state index contributed by atoms with van der Waals surface area (Å²) in [6.45, 7) is 14.2. The Morgan fingerprint density at radius 1 is 0.939 bits per heavy atom. The third kappa shape index (κ3) is 5.38. The predicted octanol–water partition coefficient (Wildman–Crippen LogP) is 6.57. The summed E-state index contributed by atoms with van der Waals surface area (Å²) in [5.74, 6) is 0.905. The van der Waals surface area contributed by atoms with Crippen LogP contribution in [0.1, 0.15) is 56.1 Å². The number of nitrogens with zero attached hydrogens (tertiary/aromatic N) is 3. The Kier molecular flexibility index (Phi) is 7.02. The van der Waals surface area contributed by atoms with Crippen LogP contribution in [-0.2, 0) is 12.8 Å². The van der Waals surface area contributed by atoms with Gasteiger partial charge in [0.2, 0.25) is 0 Å². The second-order valence-electron chi connectivity index (χ2n) is 9.97. The van der Waals surface area contributed by atoms with Gasteiger partial charge in [-0.1, -0.05) is 32.9 Å². The number of anilines is 1. The lowest BCUT2D eigenvalue weighted by Gasteiger charge is -2.40. The molecule has 1 fully saturated rings. The fourth-order valence-corrected chi connectivity index (χ4v) is 4.88. The number of aromatic nitrogens is 2. The van der Waals surface area contributed by atoms with Crippen molar-refractivity contribution < 1.29 is 4.74 Å². The van der Waals surface area contributed by atoms with Gasteiger partial charge in [-0.15, -0.1) is 0 Å². The van der Waals surface area contributed by atoms with Gasteiger partial charge in [-0.2, -0.15) is 0 Å². The van der Waals surface area contributed by atoms with Gasteiger partial charge < -0.3 is 9.64 Å². The molecule has 1 saturated heterocycles. The van der Waals surface area contributed by atoms with E-state index in [9.17, 15) is 0 Å². The number of hydrogen-bond acceptors (Lipinski definition) is 4. The smallest absolute Gasteiger partial charge is 0.119 e. The number of benzene rings is 1. The minimum atomic E-state index is 0.426. The minimum Gasteiger partial charge on any atom is -0.493 e. The Hall–Kier alpha value is -2.88. The first-order chi connectivity index (χ1) is 15.9. The Balaban J connectivity index is 1.59. The van der Waals surface area contributed by atoms with E-state index in [1.807, 2.05) is 24.5 Å². The molecule has 1 aliphatic rings. The molecule has 174 valence electrons. The third-order valence-corrected chi connectivity index (χ3v) is 7.00. The minimum absolute atomic E-state index is 0.426. The van der Waals surface area contributed by atoms with Crippen molar-refractivity contribution in [3.63, 3.8) is 0 Å². The van der Waals surface area contributed by atoms with E-state index in [1.165, 1.54) is 40.8 Å². The van der Waals surface area contributed by atoms with Crippen molar-refractivity contribution in [3.05, 3.63) is 71.3 Å². The number of rotatable bonds is 7. The molecule has 4 nitrogen and oxygen atoms in total. The summed E-state index contributed by atoms with van der Waals surface area (Å²) in [7, 11) is 0. The van der Waals surface area contributed by atoms with Crippen molar-refractivity contribution in [2.24, 2.45) is 5.41 Å². The first-order valence-electron chi connectivity index (χ1n) is 12.2. The molecule has 0 bridgehead atoms. The lowest BCUT2D eigenvalue weighted by Crippen LogP contribution is -2.38. The highest BCUT2D eigenvalue weighted by Gasteiger charge is 2.29. The largest absolute Gasteiger partial charge is 0.493 e. The van der Waals surface area contributed by atoms with Crippen LogP contribution in [0.5, 0.6) is 5.75 Å². The normalized spacial score (nSPS) is 15.5. The lowest BCUT2D eigenvalue weighted by atomic mass is 9.82. The molecule has 1 aromatic carbocycles. The summed E-state index contributed by atoms with van der Waals surface area (Å²) >= 11 is 0. The van der Waals surface area contributed by atoms with Gasteiger partial charge in [-0.05, 0) is 79.5 Å². The topological polar surface area (TPSA) is 38.3 Å². The third-order valence-electron chi connectivity index (χ3n) is 7.00. The highest BCUT2D eigenvalue weighted by atomic mass is 16.5. The summed E-state index contributed by atoms with van der Waals surface area (Å²) in [6.07, 6.45) is 7.97. The van der Waals surface area contributed by atoms with Gasteiger partial charge in [0.05, 0.1) is 12.3 Å². The fraction of sp³-hybridized carbons (Fsp3) is 0.448. The Morgan fingerprint density at radius 3 is 2.24 bits per heavy atom. The molecule has 0 aliphatic carbocycles. The summed E-state index contributed by atoms with van der Waals surface area (Å²) in [4.78, 5) is 11.6. The zero-order chi connectivity index (χ0) is 23.4. The lowest BCUT2D eigenvalue weighted by molar-refractivity contribution is 0.279. The van der Waals surface area contributed by atoms with E-state index in [2.05, 4.69) is 68.8 Å². The molecule has 0 unspecified atom stereocenters. The zero-order valence-electron chi connectivity index (χ0n) is 20.8. The van der Waals surface area contributed by atoms with Crippen molar-refractivity contribution in [2.75, 3.05) is 24.6 Å². The maximum Gasteiger partial charge on any atom is 0.119 e. The van der Waals surface area contributed by atoms with Crippen molar-refractivity contribution >= 4 is 5.69 Å². The monoisotopic (exact) mass is 443 g/mol. The summed E-state index contributed by atoms with van der Waals surface area (Å²) in [6, 6.07) is 12.6.